The van der Waals surface area contributed by atoms with E-state index in [2.05, 4.69) is 10.3 Å². The molecule has 1 aromatic rings. The Bertz CT molecular complexity index is 541. The number of carbonyl (C=O) groups excluding carboxylic acids is 1. The second-order valence-electron chi connectivity index (χ2n) is 5.58. The molecule has 0 atom stereocenters. The Morgan fingerprint density at radius 2 is 2.04 bits per heavy atom. The summed E-state index contributed by atoms with van der Waals surface area (Å²) < 4.78 is 10.3. The minimum Gasteiger partial charge on any atom is -0.481 e. The lowest BCUT2D eigenvalue weighted by molar-refractivity contribution is -0.142. The molecule has 2 N–H and O–H groups in total. The number of pyridine rings is 1. The molecule has 23 heavy (non-hydrogen) atoms. The van der Waals surface area contributed by atoms with Gasteiger partial charge in [0, 0.05) is 31.0 Å². The Morgan fingerprint density at radius 3 is 2.70 bits per heavy atom. The average Bonchev–Trinajstić information content (AvgIpc) is 2.56. The lowest BCUT2D eigenvalue weighted by atomic mass is 9.86. The number of carboxylic acids is 1. The number of hydrogen-bond donors (Lipinski definition) is 2. The first-order valence-corrected chi connectivity index (χ1v) is 7.71. The number of ether oxygens (including phenoxy) is 2. The minimum absolute atomic E-state index is 0.0177. The predicted octanol–water partition coefficient (Wildman–Crippen LogP) is 1.48. The maximum absolute atomic E-state index is 12.3. The quantitative estimate of drug-likeness (QED) is 0.738. The lowest BCUT2D eigenvalue weighted by Gasteiger charge is -2.26. The van der Waals surface area contributed by atoms with Gasteiger partial charge in [-0.15, -0.1) is 0 Å². The largest absolute Gasteiger partial charge is 0.481 e. The first-order valence-electron chi connectivity index (χ1n) is 7.71. The maximum Gasteiger partial charge on any atom is 0.306 e. The smallest absolute Gasteiger partial charge is 0.306 e. The fourth-order valence-corrected chi connectivity index (χ4v) is 2.61. The van der Waals surface area contributed by atoms with Crippen molar-refractivity contribution in [2.24, 2.45) is 5.92 Å². The molecule has 1 aliphatic rings. The summed E-state index contributed by atoms with van der Waals surface area (Å²) in [5, 5.41) is 11.9. The Labute approximate surface area is 135 Å². The van der Waals surface area contributed by atoms with Crippen molar-refractivity contribution in [3.8, 4) is 5.88 Å². The highest BCUT2D eigenvalue weighted by Crippen LogP contribution is 2.24. The summed E-state index contributed by atoms with van der Waals surface area (Å²) >= 11 is 0. The molecule has 2 rings (SSSR count). The summed E-state index contributed by atoms with van der Waals surface area (Å²) in [4.78, 5) is 27.3. The van der Waals surface area contributed by atoms with Crippen molar-refractivity contribution in [2.45, 2.75) is 31.7 Å². The van der Waals surface area contributed by atoms with Crippen LogP contribution in [0.1, 0.15) is 36.0 Å². The van der Waals surface area contributed by atoms with E-state index in [1.807, 2.05) is 0 Å². The Balaban J connectivity index is 1.86. The van der Waals surface area contributed by atoms with Crippen LogP contribution in [0.5, 0.6) is 5.88 Å². The zero-order chi connectivity index (χ0) is 16.7. The molecule has 0 unspecified atom stereocenters. The summed E-state index contributed by atoms with van der Waals surface area (Å²) in [5.74, 6) is -0.848. The van der Waals surface area contributed by atoms with Crippen molar-refractivity contribution in [3.63, 3.8) is 0 Å². The van der Waals surface area contributed by atoms with Gasteiger partial charge >= 0.3 is 5.97 Å². The fraction of sp³-hybridized carbons (Fsp3) is 0.562. The first kappa shape index (κ1) is 17.2. The van der Waals surface area contributed by atoms with Crippen molar-refractivity contribution >= 4 is 11.9 Å². The van der Waals surface area contributed by atoms with Crippen molar-refractivity contribution in [1.29, 1.82) is 0 Å². The summed E-state index contributed by atoms with van der Waals surface area (Å²) in [5.41, 5.74) is 0.479. The topological polar surface area (TPSA) is 97.8 Å². The van der Waals surface area contributed by atoms with Crippen LogP contribution in [0.4, 0.5) is 0 Å². The number of carbonyl (C=O) groups is 2. The van der Waals surface area contributed by atoms with Crippen molar-refractivity contribution in [3.05, 3.63) is 23.9 Å². The van der Waals surface area contributed by atoms with Gasteiger partial charge in [0.05, 0.1) is 12.5 Å². The molecule has 1 aliphatic carbocycles. The van der Waals surface area contributed by atoms with E-state index < -0.39 is 5.97 Å². The highest BCUT2D eigenvalue weighted by molar-refractivity contribution is 5.94. The van der Waals surface area contributed by atoms with Gasteiger partial charge in [-0.2, -0.15) is 0 Å². The molecule has 0 aliphatic heterocycles. The van der Waals surface area contributed by atoms with E-state index in [0.717, 1.165) is 0 Å². The molecule has 1 saturated carbocycles. The molecule has 1 aromatic heterocycles. The Kier molecular flexibility index (Phi) is 6.34. The SMILES string of the molecule is COCCOc1cc(C(=O)NC2CCC(C(=O)O)CC2)ccn1. The van der Waals surface area contributed by atoms with Crippen molar-refractivity contribution in [2.75, 3.05) is 20.3 Å². The number of carboxylic acid groups (broad SMARTS) is 1. The third-order valence-electron chi connectivity index (χ3n) is 3.95. The van der Waals surface area contributed by atoms with Gasteiger partial charge in [-0.3, -0.25) is 9.59 Å². The third-order valence-corrected chi connectivity index (χ3v) is 3.95. The van der Waals surface area contributed by atoms with Gasteiger partial charge in [0.15, 0.2) is 0 Å². The van der Waals surface area contributed by atoms with Crippen molar-refractivity contribution in [1.82, 2.24) is 10.3 Å². The molecule has 0 spiro atoms. The summed E-state index contributed by atoms with van der Waals surface area (Å²) in [6, 6.07) is 3.24. The minimum atomic E-state index is -0.748. The van der Waals surface area contributed by atoms with Crippen LogP contribution < -0.4 is 10.1 Å². The van der Waals surface area contributed by atoms with Gasteiger partial charge in [-0.25, -0.2) is 4.98 Å². The van der Waals surface area contributed by atoms with Gasteiger partial charge in [0.25, 0.3) is 5.91 Å². The molecule has 7 nitrogen and oxygen atoms in total. The summed E-state index contributed by atoms with van der Waals surface area (Å²) in [6.45, 7) is 0.818. The molecule has 0 radical (unpaired) electrons. The second-order valence-corrected chi connectivity index (χ2v) is 5.58. The van der Waals surface area contributed by atoms with E-state index in [1.54, 1.807) is 19.2 Å². The molecule has 126 valence electrons. The number of rotatable bonds is 7. The molecule has 0 aromatic carbocycles. The standard InChI is InChI=1S/C16H22N2O5/c1-22-8-9-23-14-10-12(6-7-17-14)15(19)18-13-4-2-11(3-5-13)16(20)21/h6-7,10-11,13H,2-5,8-9H2,1H3,(H,18,19)(H,20,21). The average molecular weight is 322 g/mol. The molecule has 1 fully saturated rings. The van der Waals surface area contributed by atoms with Crippen LogP contribution in [0.2, 0.25) is 0 Å². The highest BCUT2D eigenvalue weighted by atomic mass is 16.5. The van der Waals surface area contributed by atoms with Crippen LogP contribution in [-0.2, 0) is 9.53 Å². The maximum atomic E-state index is 12.3. The molecule has 7 heteroatoms. The molecule has 1 amide bonds. The molecular formula is C16H22N2O5. The molecule has 1 heterocycles. The highest BCUT2D eigenvalue weighted by Gasteiger charge is 2.26. The van der Waals surface area contributed by atoms with E-state index in [1.165, 1.54) is 6.20 Å². The van der Waals surface area contributed by atoms with Gasteiger partial charge in [0.1, 0.15) is 6.61 Å². The van der Waals surface area contributed by atoms with Gasteiger partial charge < -0.3 is 19.9 Å². The monoisotopic (exact) mass is 322 g/mol. The van der Waals surface area contributed by atoms with E-state index in [4.69, 9.17) is 14.6 Å². The number of aliphatic carboxylic acids is 1. The summed E-state index contributed by atoms with van der Waals surface area (Å²) in [6.07, 6.45) is 4.10. The third kappa shape index (κ3) is 5.21. The Morgan fingerprint density at radius 1 is 1.30 bits per heavy atom. The van der Waals surface area contributed by atoms with Gasteiger partial charge in [-0.1, -0.05) is 0 Å². The first-order chi connectivity index (χ1) is 11.1. The zero-order valence-electron chi connectivity index (χ0n) is 13.2. The van der Waals surface area contributed by atoms with Crippen molar-refractivity contribution < 1.29 is 24.2 Å². The van der Waals surface area contributed by atoms with Crippen LogP contribution in [0, 0.1) is 5.92 Å². The Hall–Kier alpha value is -2.15. The van der Waals surface area contributed by atoms with Crippen LogP contribution in [0.25, 0.3) is 0 Å². The molecule has 0 bridgehead atoms. The number of methoxy groups -OCH3 is 1. The molecular weight excluding hydrogens is 300 g/mol. The van der Waals surface area contributed by atoms with Gasteiger partial charge in [0.2, 0.25) is 5.88 Å². The van der Waals surface area contributed by atoms with Crippen LogP contribution in [0.15, 0.2) is 18.3 Å². The summed E-state index contributed by atoms with van der Waals surface area (Å²) in [7, 11) is 1.58. The number of hydrogen-bond acceptors (Lipinski definition) is 5. The van der Waals surface area contributed by atoms with E-state index >= 15 is 0 Å². The predicted molar refractivity (Wildman–Crippen MR) is 82.5 cm³/mol. The lowest BCUT2D eigenvalue weighted by Crippen LogP contribution is -2.38. The zero-order valence-corrected chi connectivity index (χ0v) is 13.2. The van der Waals surface area contributed by atoms with E-state index in [0.29, 0.717) is 50.3 Å². The normalized spacial score (nSPS) is 20.7. The van der Waals surface area contributed by atoms with E-state index in [-0.39, 0.29) is 17.9 Å². The molecule has 0 saturated heterocycles. The van der Waals surface area contributed by atoms with Crippen LogP contribution in [-0.4, -0.2) is 48.3 Å². The van der Waals surface area contributed by atoms with E-state index in [9.17, 15) is 9.59 Å². The number of amides is 1. The second kappa shape index (κ2) is 8.47. The fourth-order valence-electron chi connectivity index (χ4n) is 2.61. The van der Waals surface area contributed by atoms with Crippen LogP contribution in [0.3, 0.4) is 0 Å². The number of nitrogens with zero attached hydrogens (tertiary/aromatic N) is 1. The van der Waals surface area contributed by atoms with Crippen LogP contribution >= 0.6 is 0 Å². The number of aromatic nitrogens is 1. The number of nitrogens with one attached hydrogen (secondary N) is 1. The van der Waals surface area contributed by atoms with Gasteiger partial charge in [-0.05, 0) is 31.7 Å².